The zero-order chi connectivity index (χ0) is 18.3. The Hall–Kier alpha value is -3.06. The number of H-pyrrole nitrogens is 1. The lowest BCUT2D eigenvalue weighted by molar-refractivity contribution is -0.384. The highest BCUT2D eigenvalue weighted by molar-refractivity contribution is 7.99. The third kappa shape index (κ3) is 2.76. The van der Waals surface area contributed by atoms with Crippen molar-refractivity contribution in [3.63, 3.8) is 0 Å². The first kappa shape index (κ1) is 16.4. The Balaban J connectivity index is 1.82. The zero-order valence-corrected chi connectivity index (χ0v) is 15.1. The van der Waals surface area contributed by atoms with Crippen molar-refractivity contribution in [2.24, 2.45) is 0 Å². The van der Waals surface area contributed by atoms with E-state index in [0.717, 1.165) is 38.8 Å². The molecule has 0 radical (unpaired) electrons. The molecule has 0 unspecified atom stereocenters. The minimum atomic E-state index is -0.378. The third-order valence-corrected chi connectivity index (χ3v) is 5.24. The molecule has 7 heteroatoms. The predicted molar refractivity (Wildman–Crippen MR) is 108 cm³/mol. The van der Waals surface area contributed by atoms with Crippen molar-refractivity contribution in [1.29, 1.82) is 0 Å². The summed E-state index contributed by atoms with van der Waals surface area (Å²) in [6.07, 6.45) is 3.85. The summed E-state index contributed by atoms with van der Waals surface area (Å²) < 4.78 is 2.09. The molecule has 0 aliphatic heterocycles. The second kappa shape index (κ2) is 6.34. The molecule has 130 valence electrons. The molecule has 4 rings (SSSR count). The van der Waals surface area contributed by atoms with Gasteiger partial charge in [-0.15, -0.1) is 0 Å². The number of fused-ring (bicyclic) bond motifs is 3. The lowest BCUT2D eigenvalue weighted by Gasteiger charge is -2.15. The Labute approximate surface area is 154 Å². The van der Waals surface area contributed by atoms with Crippen molar-refractivity contribution in [3.8, 4) is 11.1 Å². The van der Waals surface area contributed by atoms with Crippen LogP contribution in [0.15, 0.2) is 54.7 Å². The van der Waals surface area contributed by atoms with Crippen molar-refractivity contribution in [1.82, 2.24) is 9.97 Å². The molecular formula is C19H16N4O2S. The molecule has 0 saturated carbocycles. The molecule has 0 bridgehead atoms. The molecule has 0 fully saturated rings. The van der Waals surface area contributed by atoms with Gasteiger partial charge in [0, 0.05) is 59.2 Å². The normalized spacial score (nSPS) is 11.2. The van der Waals surface area contributed by atoms with Gasteiger partial charge in [0.15, 0.2) is 0 Å². The number of nitro groups is 1. The second-order valence-corrected chi connectivity index (χ2v) is 6.87. The van der Waals surface area contributed by atoms with Gasteiger partial charge in [0.05, 0.1) is 4.92 Å². The van der Waals surface area contributed by atoms with Crippen LogP contribution >= 0.6 is 11.9 Å². The number of anilines is 1. The first-order valence-corrected chi connectivity index (χ1v) is 9.19. The first-order chi connectivity index (χ1) is 12.6. The van der Waals surface area contributed by atoms with E-state index in [-0.39, 0.29) is 10.6 Å². The summed E-state index contributed by atoms with van der Waals surface area (Å²) in [5.74, 6) is 0. The summed E-state index contributed by atoms with van der Waals surface area (Å²) >= 11 is 1.65. The molecule has 0 atom stereocenters. The molecule has 2 heterocycles. The van der Waals surface area contributed by atoms with Gasteiger partial charge in [-0.25, -0.2) is 4.98 Å². The van der Waals surface area contributed by atoms with Crippen LogP contribution in [0.1, 0.15) is 0 Å². The largest absolute Gasteiger partial charge is 0.339 e. The van der Waals surface area contributed by atoms with Gasteiger partial charge < -0.3 is 9.29 Å². The third-order valence-electron chi connectivity index (χ3n) is 4.48. The fraction of sp³-hybridized carbons (Fsp3) is 0.105. The number of hydrogen-bond donors (Lipinski definition) is 1. The number of rotatable bonds is 4. The van der Waals surface area contributed by atoms with Crippen molar-refractivity contribution in [3.05, 3.63) is 64.8 Å². The predicted octanol–water partition coefficient (Wildman–Crippen LogP) is 5.01. The zero-order valence-electron chi connectivity index (χ0n) is 14.3. The van der Waals surface area contributed by atoms with Crippen molar-refractivity contribution >= 4 is 45.3 Å². The van der Waals surface area contributed by atoms with Crippen LogP contribution < -0.4 is 4.31 Å². The van der Waals surface area contributed by atoms with Gasteiger partial charge in [0.1, 0.15) is 5.65 Å². The van der Waals surface area contributed by atoms with E-state index in [0.29, 0.717) is 0 Å². The number of benzene rings is 2. The Bertz CT molecular complexity index is 1120. The monoisotopic (exact) mass is 364 g/mol. The van der Waals surface area contributed by atoms with Crippen LogP contribution in [-0.2, 0) is 0 Å². The lowest BCUT2D eigenvalue weighted by atomic mass is 10.1. The van der Waals surface area contributed by atoms with Gasteiger partial charge in [-0.3, -0.25) is 10.1 Å². The number of nitrogens with zero attached hydrogens (tertiary/aromatic N) is 3. The summed E-state index contributed by atoms with van der Waals surface area (Å²) in [6.45, 7) is 0. The molecule has 6 nitrogen and oxygen atoms in total. The van der Waals surface area contributed by atoms with Gasteiger partial charge in [-0.1, -0.05) is 24.1 Å². The Morgan fingerprint density at radius 1 is 1.08 bits per heavy atom. The van der Waals surface area contributed by atoms with Crippen LogP contribution in [-0.4, -0.2) is 28.2 Å². The number of pyridine rings is 1. The molecule has 0 aliphatic carbocycles. The summed E-state index contributed by atoms with van der Waals surface area (Å²) in [5, 5.41) is 12.8. The minimum Gasteiger partial charge on any atom is -0.339 e. The van der Waals surface area contributed by atoms with E-state index in [4.69, 9.17) is 0 Å². The standard InChI is InChI=1S/C19H16N4O2S/c1-22(26-2)14-5-3-12(4-6-14)13-9-17-16-10-15(23(24)25)7-8-18(16)21-19(17)20-11-13/h3-11H,1-2H3,(H,20,21). The Kier molecular flexibility index (Phi) is 4.00. The van der Waals surface area contributed by atoms with E-state index in [1.165, 1.54) is 6.07 Å². The van der Waals surface area contributed by atoms with Crippen molar-refractivity contribution in [2.75, 3.05) is 17.6 Å². The van der Waals surface area contributed by atoms with Crippen LogP contribution in [0.5, 0.6) is 0 Å². The Morgan fingerprint density at radius 3 is 2.54 bits per heavy atom. The lowest BCUT2D eigenvalue weighted by Crippen LogP contribution is -2.04. The average molecular weight is 364 g/mol. The molecule has 2 aromatic heterocycles. The van der Waals surface area contributed by atoms with E-state index in [9.17, 15) is 10.1 Å². The molecular weight excluding hydrogens is 348 g/mol. The number of aromatic amines is 1. The van der Waals surface area contributed by atoms with E-state index in [1.807, 2.05) is 25.6 Å². The maximum absolute atomic E-state index is 11.1. The van der Waals surface area contributed by atoms with Crippen LogP contribution in [0.3, 0.4) is 0 Å². The molecule has 4 aromatic rings. The maximum atomic E-state index is 11.1. The highest BCUT2D eigenvalue weighted by Crippen LogP contribution is 2.31. The van der Waals surface area contributed by atoms with Crippen LogP contribution in [0, 0.1) is 10.1 Å². The SMILES string of the molecule is CSN(C)c1ccc(-c2cnc3[nH]c4ccc([N+](=O)[O-])cc4c3c2)cc1. The summed E-state index contributed by atoms with van der Waals surface area (Å²) in [6, 6.07) is 15.1. The fourth-order valence-corrected chi connectivity index (χ4v) is 3.33. The van der Waals surface area contributed by atoms with Gasteiger partial charge in [0.25, 0.3) is 5.69 Å². The molecule has 0 saturated heterocycles. The highest BCUT2D eigenvalue weighted by atomic mass is 32.2. The molecule has 1 N–H and O–H groups in total. The first-order valence-electron chi connectivity index (χ1n) is 8.01. The number of nitro benzene ring substituents is 1. The van der Waals surface area contributed by atoms with Crippen LogP contribution in [0.25, 0.3) is 33.1 Å². The van der Waals surface area contributed by atoms with Gasteiger partial charge in [-0.2, -0.15) is 0 Å². The minimum absolute atomic E-state index is 0.0771. The molecule has 0 amide bonds. The number of hydrogen-bond acceptors (Lipinski definition) is 5. The Morgan fingerprint density at radius 2 is 1.85 bits per heavy atom. The fourth-order valence-electron chi connectivity index (χ4n) is 3.00. The number of nitrogens with one attached hydrogen (secondary N) is 1. The number of non-ortho nitro benzene ring substituents is 1. The van der Waals surface area contributed by atoms with Gasteiger partial charge in [-0.05, 0) is 29.8 Å². The highest BCUT2D eigenvalue weighted by Gasteiger charge is 2.12. The summed E-state index contributed by atoms with van der Waals surface area (Å²) in [7, 11) is 2.02. The van der Waals surface area contributed by atoms with E-state index >= 15 is 0 Å². The van der Waals surface area contributed by atoms with Crippen LogP contribution in [0.4, 0.5) is 11.4 Å². The second-order valence-electron chi connectivity index (χ2n) is 5.96. The van der Waals surface area contributed by atoms with E-state index in [2.05, 4.69) is 38.5 Å². The van der Waals surface area contributed by atoms with Crippen molar-refractivity contribution in [2.45, 2.75) is 0 Å². The topological polar surface area (TPSA) is 75.1 Å². The summed E-state index contributed by atoms with van der Waals surface area (Å²) in [5.41, 5.74) is 4.79. The number of aromatic nitrogens is 2. The van der Waals surface area contributed by atoms with Crippen LogP contribution in [0.2, 0.25) is 0 Å². The molecule has 2 aromatic carbocycles. The molecule has 0 aliphatic rings. The van der Waals surface area contributed by atoms with E-state index in [1.54, 1.807) is 24.1 Å². The molecule has 0 spiro atoms. The van der Waals surface area contributed by atoms with Gasteiger partial charge in [0.2, 0.25) is 0 Å². The maximum Gasteiger partial charge on any atom is 0.270 e. The average Bonchev–Trinajstić information content (AvgIpc) is 3.04. The smallest absolute Gasteiger partial charge is 0.270 e. The molecule has 26 heavy (non-hydrogen) atoms. The van der Waals surface area contributed by atoms with E-state index < -0.39 is 0 Å². The van der Waals surface area contributed by atoms with Crippen molar-refractivity contribution < 1.29 is 4.92 Å². The summed E-state index contributed by atoms with van der Waals surface area (Å²) in [4.78, 5) is 18.4. The quantitative estimate of drug-likeness (QED) is 0.313. The van der Waals surface area contributed by atoms with Gasteiger partial charge >= 0.3 is 0 Å².